The minimum Gasteiger partial charge on any atom is -0.490 e. The zero-order chi connectivity index (χ0) is 30.2. The number of carbonyl (C=O) groups excluding carboxylic acids is 2. The highest BCUT2D eigenvalue weighted by Gasteiger charge is 2.32. The van der Waals surface area contributed by atoms with Crippen LogP contribution in [-0.2, 0) is 22.4 Å². The SMILES string of the molecule is CC(C)NC1CC(Oc2ccc(CC(=O)C(C)CCC(C)NC3CC(Oc4cccc(CC(=O)C(C)C)c4)C3)cc2)C1. The summed E-state index contributed by atoms with van der Waals surface area (Å²) in [4.78, 5) is 25.0. The molecule has 230 valence electrons. The van der Waals surface area contributed by atoms with Crippen LogP contribution in [0.3, 0.4) is 0 Å². The van der Waals surface area contributed by atoms with E-state index in [9.17, 15) is 9.59 Å². The predicted octanol–water partition coefficient (Wildman–Crippen LogP) is 6.48. The maximum atomic E-state index is 12.9. The van der Waals surface area contributed by atoms with Crippen LogP contribution in [0.5, 0.6) is 11.5 Å². The first-order valence-corrected chi connectivity index (χ1v) is 16.1. The van der Waals surface area contributed by atoms with Gasteiger partial charge < -0.3 is 20.1 Å². The molecule has 2 aliphatic rings. The second-order valence-corrected chi connectivity index (χ2v) is 13.4. The zero-order valence-electron chi connectivity index (χ0n) is 26.5. The van der Waals surface area contributed by atoms with Crippen LogP contribution in [0.2, 0.25) is 0 Å². The molecule has 4 rings (SSSR count). The van der Waals surface area contributed by atoms with Crippen molar-refractivity contribution in [3.05, 3.63) is 59.7 Å². The molecule has 2 aromatic rings. The summed E-state index contributed by atoms with van der Waals surface area (Å²) in [7, 11) is 0. The van der Waals surface area contributed by atoms with E-state index in [2.05, 4.69) is 38.3 Å². The molecule has 6 heteroatoms. The number of hydrogen-bond donors (Lipinski definition) is 2. The van der Waals surface area contributed by atoms with Crippen LogP contribution in [0.1, 0.15) is 91.2 Å². The van der Waals surface area contributed by atoms with Crippen molar-refractivity contribution in [2.75, 3.05) is 0 Å². The van der Waals surface area contributed by atoms with Crippen molar-refractivity contribution >= 4 is 11.6 Å². The van der Waals surface area contributed by atoms with Crippen LogP contribution in [0.25, 0.3) is 0 Å². The lowest BCUT2D eigenvalue weighted by molar-refractivity contribution is -0.122. The first-order chi connectivity index (χ1) is 20.0. The van der Waals surface area contributed by atoms with Crippen molar-refractivity contribution in [3.8, 4) is 11.5 Å². The molecule has 2 atom stereocenters. The Bertz CT molecular complexity index is 1150. The molecule has 42 heavy (non-hydrogen) atoms. The number of carbonyl (C=O) groups is 2. The van der Waals surface area contributed by atoms with Gasteiger partial charge in [0.15, 0.2) is 0 Å². The number of ketones is 2. The van der Waals surface area contributed by atoms with E-state index in [1.165, 1.54) is 0 Å². The first kappa shape index (κ1) is 32.2. The molecule has 0 bridgehead atoms. The summed E-state index contributed by atoms with van der Waals surface area (Å²) in [6.07, 6.45) is 7.33. The van der Waals surface area contributed by atoms with Gasteiger partial charge in [-0.2, -0.15) is 0 Å². The summed E-state index contributed by atoms with van der Waals surface area (Å²) in [5, 5.41) is 7.27. The van der Waals surface area contributed by atoms with Gasteiger partial charge in [0.1, 0.15) is 35.3 Å². The molecule has 2 aromatic carbocycles. The van der Waals surface area contributed by atoms with Crippen molar-refractivity contribution in [1.29, 1.82) is 0 Å². The van der Waals surface area contributed by atoms with Gasteiger partial charge >= 0.3 is 0 Å². The van der Waals surface area contributed by atoms with Gasteiger partial charge in [-0.25, -0.2) is 0 Å². The van der Waals surface area contributed by atoms with Gasteiger partial charge in [-0.15, -0.1) is 0 Å². The number of rotatable bonds is 17. The van der Waals surface area contributed by atoms with Gasteiger partial charge in [0.25, 0.3) is 0 Å². The second kappa shape index (κ2) is 15.2. The molecular formula is C36H52N2O4. The Balaban J connectivity index is 1.09. The normalized spacial score (nSPS) is 23.1. The fraction of sp³-hybridized carbons (Fsp3) is 0.611. The van der Waals surface area contributed by atoms with E-state index < -0.39 is 0 Å². The quantitative estimate of drug-likeness (QED) is 0.225. The minimum atomic E-state index is 0.0397. The Hall–Kier alpha value is -2.70. The molecule has 2 fully saturated rings. The summed E-state index contributed by atoms with van der Waals surface area (Å²) < 4.78 is 12.3. The van der Waals surface area contributed by atoms with Gasteiger partial charge in [-0.3, -0.25) is 9.59 Å². The fourth-order valence-corrected chi connectivity index (χ4v) is 5.79. The van der Waals surface area contributed by atoms with E-state index in [1.54, 1.807) is 0 Å². The smallest absolute Gasteiger partial charge is 0.140 e. The molecule has 0 amide bonds. The Kier molecular flexibility index (Phi) is 11.6. The first-order valence-electron chi connectivity index (χ1n) is 16.1. The highest BCUT2D eigenvalue weighted by atomic mass is 16.5. The molecule has 2 unspecified atom stereocenters. The van der Waals surface area contributed by atoms with E-state index in [1.807, 2.05) is 62.4 Å². The summed E-state index contributed by atoms with van der Waals surface area (Å²) in [5.74, 6) is 2.38. The lowest BCUT2D eigenvalue weighted by Crippen LogP contribution is -2.49. The van der Waals surface area contributed by atoms with E-state index in [0.717, 1.165) is 61.2 Å². The average molecular weight is 577 g/mol. The molecule has 0 aliphatic heterocycles. The van der Waals surface area contributed by atoms with Crippen molar-refractivity contribution in [2.24, 2.45) is 11.8 Å². The van der Waals surface area contributed by atoms with E-state index >= 15 is 0 Å². The highest BCUT2D eigenvalue weighted by molar-refractivity contribution is 5.83. The monoisotopic (exact) mass is 576 g/mol. The lowest BCUT2D eigenvalue weighted by Gasteiger charge is -2.38. The van der Waals surface area contributed by atoms with Crippen molar-refractivity contribution in [3.63, 3.8) is 0 Å². The maximum absolute atomic E-state index is 12.9. The third-order valence-electron chi connectivity index (χ3n) is 8.69. The second-order valence-electron chi connectivity index (χ2n) is 13.4. The Labute approximate surface area is 253 Å². The van der Waals surface area contributed by atoms with E-state index in [0.29, 0.717) is 42.8 Å². The third-order valence-corrected chi connectivity index (χ3v) is 8.69. The minimum absolute atomic E-state index is 0.0397. The summed E-state index contributed by atoms with van der Waals surface area (Å²) in [5.41, 5.74) is 2.07. The zero-order valence-corrected chi connectivity index (χ0v) is 26.5. The molecule has 2 aliphatic carbocycles. The Morgan fingerprint density at radius 1 is 0.714 bits per heavy atom. The number of benzene rings is 2. The molecule has 0 aromatic heterocycles. The molecule has 2 N–H and O–H groups in total. The summed E-state index contributed by atoms with van der Waals surface area (Å²) >= 11 is 0. The van der Waals surface area contributed by atoms with Gasteiger partial charge in [-0.1, -0.05) is 58.9 Å². The van der Waals surface area contributed by atoms with Crippen LogP contribution in [-0.4, -0.2) is 47.9 Å². The molecule has 0 heterocycles. The van der Waals surface area contributed by atoms with Crippen LogP contribution in [0, 0.1) is 11.8 Å². The van der Waals surface area contributed by atoms with E-state index in [-0.39, 0.29) is 29.8 Å². The molecule has 6 nitrogen and oxygen atoms in total. The largest absolute Gasteiger partial charge is 0.490 e. The van der Waals surface area contributed by atoms with Crippen LogP contribution < -0.4 is 20.1 Å². The Morgan fingerprint density at radius 3 is 1.93 bits per heavy atom. The molecular weight excluding hydrogens is 524 g/mol. The van der Waals surface area contributed by atoms with Crippen molar-refractivity contribution in [2.45, 2.75) is 129 Å². The van der Waals surface area contributed by atoms with Gasteiger partial charge in [0.2, 0.25) is 0 Å². The maximum Gasteiger partial charge on any atom is 0.140 e. The molecule has 0 saturated heterocycles. The van der Waals surface area contributed by atoms with Crippen molar-refractivity contribution in [1.82, 2.24) is 10.6 Å². The number of hydrogen-bond acceptors (Lipinski definition) is 6. The summed E-state index contributed by atoms with van der Waals surface area (Å²) in [6.45, 7) is 12.5. The van der Waals surface area contributed by atoms with Crippen LogP contribution >= 0.6 is 0 Å². The fourth-order valence-electron chi connectivity index (χ4n) is 5.79. The van der Waals surface area contributed by atoms with Gasteiger partial charge in [0.05, 0.1) is 0 Å². The highest BCUT2D eigenvalue weighted by Crippen LogP contribution is 2.29. The van der Waals surface area contributed by atoms with Crippen LogP contribution in [0.15, 0.2) is 48.5 Å². The Morgan fingerprint density at radius 2 is 1.31 bits per heavy atom. The average Bonchev–Trinajstić information content (AvgIpc) is 2.90. The van der Waals surface area contributed by atoms with Gasteiger partial charge in [-0.05, 0) is 80.8 Å². The molecule has 0 spiro atoms. The van der Waals surface area contributed by atoms with Gasteiger partial charge in [0, 0.05) is 48.8 Å². The lowest BCUT2D eigenvalue weighted by atomic mass is 9.87. The summed E-state index contributed by atoms with van der Waals surface area (Å²) in [6, 6.07) is 17.9. The molecule has 0 radical (unpaired) electrons. The standard InChI is InChI=1S/C36H52N2O4/c1-23(2)35(39)18-28-8-7-9-32(16-28)42-34-21-30(22-34)38-26(6)11-10-25(5)36(40)17-27-12-14-31(15-13-27)41-33-19-29(20-33)37-24(3)4/h7-9,12-16,23-26,29-30,33-34,37-38H,10-11,17-22H2,1-6H3. The predicted molar refractivity (Wildman–Crippen MR) is 169 cm³/mol. The molecule has 2 saturated carbocycles. The van der Waals surface area contributed by atoms with Crippen molar-refractivity contribution < 1.29 is 19.1 Å². The number of Topliss-reactive ketones (excluding diaryl/α,β-unsaturated/α-hetero) is 2. The van der Waals surface area contributed by atoms with E-state index in [4.69, 9.17) is 9.47 Å². The van der Waals surface area contributed by atoms with Crippen LogP contribution in [0.4, 0.5) is 0 Å². The number of nitrogens with one attached hydrogen (secondary N) is 2. The number of ether oxygens (including phenoxy) is 2. The third kappa shape index (κ3) is 9.95. The topological polar surface area (TPSA) is 76.7 Å².